The van der Waals surface area contributed by atoms with Gasteiger partial charge in [-0.2, -0.15) is 12.6 Å². The number of nitrogens with zero attached hydrogens (tertiary/aromatic N) is 7. The van der Waals surface area contributed by atoms with Gasteiger partial charge in [0.1, 0.15) is 36.3 Å². The highest BCUT2D eigenvalue weighted by molar-refractivity contribution is 7.80. The predicted octanol–water partition coefficient (Wildman–Crippen LogP) is -7.65. The number of carboxylic acid groups (broad SMARTS) is 1. The van der Waals surface area contributed by atoms with Gasteiger partial charge in [-0.1, -0.05) is 20.3 Å². The van der Waals surface area contributed by atoms with Crippen LogP contribution in [0, 0.1) is 23.7 Å². The number of rotatable bonds is 48. The third kappa shape index (κ3) is 28.0. The minimum absolute atomic E-state index is 0.0170. The number of thiol groups is 1. The number of aliphatic carboxylic acids is 1. The van der Waals surface area contributed by atoms with Crippen molar-refractivity contribution in [3.8, 4) is 0 Å². The summed E-state index contributed by atoms with van der Waals surface area (Å²) in [7, 11) is 0. The third-order valence-electron chi connectivity index (χ3n) is 18.8. The molecule has 3 saturated heterocycles. The number of nitrogens with one attached hydrogen (secondary N) is 7. The van der Waals surface area contributed by atoms with E-state index < -0.39 is 206 Å². The van der Waals surface area contributed by atoms with E-state index in [-0.39, 0.29) is 140 Å². The van der Waals surface area contributed by atoms with Crippen LogP contribution in [-0.4, -0.2) is 271 Å². The molecule has 0 bridgehead atoms. The molecule has 4 rings (SSSR count). The second-order valence-electron chi connectivity index (χ2n) is 26.7. The summed E-state index contributed by atoms with van der Waals surface area (Å²) in [5.41, 5.74) is 45.0. The SMILES string of the molecule is CC[C@H](C)C(NC(=O)[C@H](CO)CC(=O)[C@H](CCCN=C(N)N)NC(=O)[C@@H]1CCCN1C(=O)[C@@H]1CCCN1C(=O)[C@H](CCC(N)=O)CC(=O)[C@H](CCCN=C(N)N)NC(=O)[C@@H](N)CCCN=C(N)N)C(=O)C[C@@H](CO)C(=O)N[C@@H](CO)C(=O)N[C@@H](Cc1cnc[nH]1)C(=O)N1CCC[C@H]1C(=O)N[C@@H](CS)C(=O)O. The standard InChI is InChI=1S/C65H108N22O18S/c1-3-34(2)52(50(93)26-37(30-89)53(95)82-43(31-90)56(98)81-42(27-38-28-74-33-78-38)60(102)85-21-7-13-45(85)58(100)83-44(32-106)62(104)105)84-54(96)36(29-88)25-49(92)41(12-6-20-77-65(72)73)80-57(99)46-14-8-22-86(46)61(103)47-15-9-23-87(47)59(101)35(16-17-51(67)94)24-48(91)40(11-5-19-76-64(70)71)79-55(97)39(66)10-4-18-75-63(68)69/h28,33-37,39-47,52,88-90,106H,3-27,29-32,66H2,1-2H3,(H2,67,94)(H,74,78)(H,79,97)(H,80,99)(H,81,98)(H,82,95)(H,83,100)(H,84,96)(H,104,105)(H4,68,69,75)(H4,70,71,76)(H4,72,73,77)/t34-,35+,36-,37-,39-,40-,41-,42-,43-,44-,45-,46-,47-,52?/m0/s1. The van der Waals surface area contributed by atoms with Gasteiger partial charge in [0, 0.05) is 94.9 Å². The van der Waals surface area contributed by atoms with E-state index in [0.29, 0.717) is 31.4 Å². The molecule has 106 heavy (non-hydrogen) atoms. The fourth-order valence-electron chi connectivity index (χ4n) is 12.7. The highest BCUT2D eigenvalue weighted by Crippen LogP contribution is 2.30. The summed E-state index contributed by atoms with van der Waals surface area (Å²) in [5.74, 6) is -17.7. The van der Waals surface area contributed by atoms with Crippen molar-refractivity contribution in [3.05, 3.63) is 18.2 Å². The van der Waals surface area contributed by atoms with Gasteiger partial charge in [0.2, 0.25) is 59.1 Å². The Morgan fingerprint density at radius 1 is 0.557 bits per heavy atom. The first kappa shape index (κ1) is 88.8. The molecule has 0 aromatic carbocycles. The quantitative estimate of drug-likeness (QED) is 0.0125. The van der Waals surface area contributed by atoms with Crippen molar-refractivity contribution >= 4 is 113 Å². The molecule has 14 atom stereocenters. The van der Waals surface area contributed by atoms with Crippen molar-refractivity contribution in [3.63, 3.8) is 0 Å². The van der Waals surface area contributed by atoms with Gasteiger partial charge in [-0.3, -0.25) is 77.3 Å². The lowest BCUT2D eigenvalue weighted by Gasteiger charge is -2.33. The Labute approximate surface area is 618 Å². The van der Waals surface area contributed by atoms with Gasteiger partial charge in [0.05, 0.1) is 62.2 Å². The van der Waals surface area contributed by atoms with E-state index in [1.165, 1.54) is 27.2 Å². The second-order valence-corrected chi connectivity index (χ2v) is 27.0. The van der Waals surface area contributed by atoms with Gasteiger partial charge < -0.3 is 118 Å². The number of likely N-dealkylation sites (tertiary alicyclic amines) is 3. The number of primary amides is 1. The van der Waals surface area contributed by atoms with Crippen molar-refractivity contribution < 1.29 is 87.5 Å². The molecule has 0 radical (unpaired) electrons. The summed E-state index contributed by atoms with van der Waals surface area (Å²) in [4.78, 5) is 216. The third-order valence-corrected chi connectivity index (χ3v) is 19.1. The first-order chi connectivity index (χ1) is 50.3. The summed E-state index contributed by atoms with van der Waals surface area (Å²) in [6, 6.07) is -13.2. The molecule has 27 N–H and O–H groups in total. The molecule has 0 spiro atoms. The Hall–Kier alpha value is -9.61. The number of Topliss-reactive ketones (excluding diaryl/α,β-unsaturated/α-hetero) is 3. The van der Waals surface area contributed by atoms with Gasteiger partial charge in [0.15, 0.2) is 35.2 Å². The normalized spacial score (nSPS) is 18.6. The average molecular weight is 1520 g/mol. The number of aliphatic imine (C=N–C) groups is 3. The zero-order valence-electron chi connectivity index (χ0n) is 59.9. The number of hydrogen-bond acceptors (Lipinski definition) is 23. The monoisotopic (exact) mass is 1520 g/mol. The predicted molar refractivity (Wildman–Crippen MR) is 386 cm³/mol. The maximum absolute atomic E-state index is 14.8. The zero-order valence-corrected chi connectivity index (χ0v) is 60.8. The number of carbonyl (C=O) groups excluding carboxylic acids is 13. The highest BCUT2D eigenvalue weighted by Gasteiger charge is 2.46. The van der Waals surface area contributed by atoms with Gasteiger partial charge in [-0.15, -0.1) is 0 Å². The molecule has 40 nitrogen and oxygen atoms in total. The van der Waals surface area contributed by atoms with Crippen molar-refractivity contribution in [2.45, 2.75) is 196 Å². The number of aromatic amines is 1. The number of amides is 10. The molecule has 1 unspecified atom stereocenters. The van der Waals surface area contributed by atoms with Gasteiger partial charge in [-0.25, -0.2) is 9.78 Å². The number of aliphatic hydroxyl groups is 3. The van der Waals surface area contributed by atoms with Crippen molar-refractivity contribution in [2.75, 3.05) is 64.8 Å². The lowest BCUT2D eigenvalue weighted by Crippen LogP contribution is -2.59. The number of hydrogen-bond donors (Lipinski definition) is 20. The Morgan fingerprint density at radius 2 is 1.02 bits per heavy atom. The molecule has 3 fully saturated rings. The van der Waals surface area contributed by atoms with E-state index in [9.17, 15) is 87.5 Å². The van der Waals surface area contributed by atoms with Crippen LogP contribution in [0.1, 0.15) is 135 Å². The Bertz CT molecular complexity index is 3280. The topological polar surface area (TPSA) is 676 Å². The van der Waals surface area contributed by atoms with Crippen LogP contribution in [0.3, 0.4) is 0 Å². The first-order valence-corrected chi connectivity index (χ1v) is 36.1. The van der Waals surface area contributed by atoms with Crippen molar-refractivity contribution in [1.29, 1.82) is 0 Å². The summed E-state index contributed by atoms with van der Waals surface area (Å²) in [6.45, 7) is 0.661. The Morgan fingerprint density at radius 3 is 1.51 bits per heavy atom. The van der Waals surface area contributed by atoms with Crippen LogP contribution in [0.5, 0.6) is 0 Å². The number of carboxylic acids is 1. The van der Waals surface area contributed by atoms with Crippen molar-refractivity contribution in [1.82, 2.24) is 56.6 Å². The van der Waals surface area contributed by atoms with E-state index in [1.54, 1.807) is 13.8 Å². The average Bonchev–Trinajstić information content (AvgIpc) is 1.63. The summed E-state index contributed by atoms with van der Waals surface area (Å²) < 4.78 is 0. The van der Waals surface area contributed by atoms with Crippen molar-refractivity contribution in [2.24, 2.45) is 84.5 Å². The molecule has 0 saturated carbocycles. The molecule has 592 valence electrons. The molecule has 3 aliphatic rings. The maximum Gasteiger partial charge on any atom is 0.327 e. The Balaban J connectivity index is 1.49. The number of H-pyrrole nitrogens is 1. The van der Waals surface area contributed by atoms with E-state index >= 15 is 0 Å². The molecule has 41 heteroatoms. The van der Waals surface area contributed by atoms with Crippen LogP contribution >= 0.6 is 12.6 Å². The Kier molecular flexibility index (Phi) is 37.7. The number of aromatic nitrogens is 2. The molecule has 3 aliphatic heterocycles. The van der Waals surface area contributed by atoms with E-state index in [4.69, 9.17) is 45.9 Å². The molecule has 0 aliphatic carbocycles. The molecular formula is C65H108N22O18S. The molecule has 1 aromatic heterocycles. The highest BCUT2D eigenvalue weighted by atomic mass is 32.1. The number of ketones is 3. The smallest absolute Gasteiger partial charge is 0.327 e. The molecule has 4 heterocycles. The number of imidazole rings is 1. The molecule has 1 aromatic rings. The lowest BCUT2D eigenvalue weighted by molar-refractivity contribution is -0.149. The largest absolute Gasteiger partial charge is 0.480 e. The van der Waals surface area contributed by atoms with E-state index in [0.717, 1.165) is 0 Å². The zero-order chi connectivity index (χ0) is 78.9. The number of aliphatic hydroxyl groups excluding tert-OH is 3. The number of guanidine groups is 3. The van der Waals surface area contributed by atoms with Crippen LogP contribution in [0.2, 0.25) is 0 Å². The van der Waals surface area contributed by atoms with Crippen LogP contribution in [0.4, 0.5) is 0 Å². The lowest BCUT2D eigenvalue weighted by atomic mass is 9.88. The maximum atomic E-state index is 14.8. The fraction of sp³-hybridized carbons (Fsp3) is 0.692. The first-order valence-electron chi connectivity index (χ1n) is 35.5. The number of nitrogens with two attached hydrogens (primary N) is 8. The molecule has 10 amide bonds. The van der Waals surface area contributed by atoms with Gasteiger partial charge >= 0.3 is 5.97 Å². The van der Waals surface area contributed by atoms with Crippen LogP contribution in [0.25, 0.3) is 0 Å². The fourth-order valence-corrected chi connectivity index (χ4v) is 12.9. The van der Waals surface area contributed by atoms with E-state index in [2.05, 4.69) is 69.5 Å². The van der Waals surface area contributed by atoms with Crippen LogP contribution in [0.15, 0.2) is 27.5 Å². The van der Waals surface area contributed by atoms with E-state index in [1.807, 2.05) is 0 Å². The van der Waals surface area contributed by atoms with Crippen LogP contribution < -0.4 is 77.8 Å². The second kappa shape index (κ2) is 45.0. The van der Waals surface area contributed by atoms with Crippen LogP contribution in [-0.2, 0) is 73.5 Å². The van der Waals surface area contributed by atoms with Gasteiger partial charge in [0.25, 0.3) is 0 Å². The minimum atomic E-state index is -1.79. The molecular weight excluding hydrogens is 1410 g/mol. The summed E-state index contributed by atoms with van der Waals surface area (Å²) in [5, 5.41) is 56.2. The summed E-state index contributed by atoms with van der Waals surface area (Å²) in [6.07, 6.45) is 2.24. The van der Waals surface area contributed by atoms with Gasteiger partial charge in [-0.05, 0) is 89.4 Å². The number of carbonyl (C=O) groups is 14. The summed E-state index contributed by atoms with van der Waals surface area (Å²) >= 11 is 3.98. The minimum Gasteiger partial charge on any atom is -0.480 e.